The maximum atomic E-state index is 12.2. The van der Waals surface area contributed by atoms with Gasteiger partial charge >= 0.3 is 5.97 Å². The van der Waals surface area contributed by atoms with Gasteiger partial charge in [-0.15, -0.1) is 0 Å². The summed E-state index contributed by atoms with van der Waals surface area (Å²) < 4.78 is 0. The van der Waals surface area contributed by atoms with Gasteiger partial charge in [0.15, 0.2) is 0 Å². The number of amides is 1. The third-order valence-corrected chi connectivity index (χ3v) is 4.78. The predicted octanol–water partition coefficient (Wildman–Crippen LogP) is 2.94. The highest BCUT2D eigenvalue weighted by molar-refractivity contribution is 5.87. The number of carboxylic acid groups (broad SMARTS) is 1. The summed E-state index contributed by atoms with van der Waals surface area (Å²) in [6, 6.07) is -0.858. The second kappa shape index (κ2) is 9.48. The van der Waals surface area contributed by atoms with Crippen LogP contribution < -0.4 is 5.32 Å². The number of hydrogen-bond donors (Lipinski definition) is 2. The van der Waals surface area contributed by atoms with Crippen molar-refractivity contribution in [3.05, 3.63) is 12.2 Å². The summed E-state index contributed by atoms with van der Waals surface area (Å²) in [7, 11) is 0. The van der Waals surface area contributed by atoms with E-state index in [9.17, 15) is 19.5 Å². The van der Waals surface area contributed by atoms with Gasteiger partial charge in [-0.3, -0.25) is 9.59 Å². The molecule has 1 rings (SSSR count). The van der Waals surface area contributed by atoms with Gasteiger partial charge in [0.2, 0.25) is 5.91 Å². The number of aliphatic carboxylic acids is 1. The standard InChI is InChI=1S/C18H29NO4/c1-4-6-7-8-14-13(9-10-15(14)20)11-16(21)19-17(18(22)23)12(3)5-2/h6-7,12-14,17H,4-5,8-11H2,1-3H3,(H,19,21)(H,22,23)/b7-6+. The Morgan fingerprint density at radius 3 is 2.61 bits per heavy atom. The monoisotopic (exact) mass is 323 g/mol. The first-order valence-corrected chi connectivity index (χ1v) is 8.60. The fraction of sp³-hybridized carbons (Fsp3) is 0.722. The second-order valence-corrected chi connectivity index (χ2v) is 6.46. The molecule has 0 radical (unpaired) electrons. The Hall–Kier alpha value is -1.65. The molecule has 0 spiro atoms. The molecule has 23 heavy (non-hydrogen) atoms. The molecule has 130 valence electrons. The van der Waals surface area contributed by atoms with Crippen LogP contribution >= 0.6 is 0 Å². The van der Waals surface area contributed by atoms with Gasteiger partial charge in [-0.1, -0.05) is 39.3 Å². The average Bonchev–Trinajstić information content (AvgIpc) is 2.84. The zero-order valence-electron chi connectivity index (χ0n) is 14.4. The topological polar surface area (TPSA) is 83.5 Å². The zero-order chi connectivity index (χ0) is 17.4. The molecule has 0 aromatic carbocycles. The number of nitrogens with one attached hydrogen (secondary N) is 1. The molecule has 5 heteroatoms. The van der Waals surface area contributed by atoms with Crippen molar-refractivity contribution in [3.63, 3.8) is 0 Å². The van der Waals surface area contributed by atoms with Crippen LogP contribution in [0.1, 0.15) is 59.3 Å². The summed E-state index contributed by atoms with van der Waals surface area (Å²) in [5.74, 6) is -1.24. The van der Waals surface area contributed by atoms with Crippen LogP contribution in [0.4, 0.5) is 0 Å². The molecule has 1 aliphatic carbocycles. The summed E-state index contributed by atoms with van der Waals surface area (Å²) in [4.78, 5) is 35.5. The van der Waals surface area contributed by atoms with E-state index in [1.165, 1.54) is 0 Å². The van der Waals surface area contributed by atoms with Gasteiger partial charge in [0, 0.05) is 18.8 Å². The van der Waals surface area contributed by atoms with Crippen molar-refractivity contribution < 1.29 is 19.5 Å². The van der Waals surface area contributed by atoms with E-state index in [1.54, 1.807) is 0 Å². The lowest BCUT2D eigenvalue weighted by Gasteiger charge is -2.22. The first-order chi connectivity index (χ1) is 10.9. The zero-order valence-corrected chi connectivity index (χ0v) is 14.4. The molecule has 2 N–H and O–H groups in total. The van der Waals surface area contributed by atoms with Gasteiger partial charge < -0.3 is 10.4 Å². The van der Waals surface area contributed by atoms with Crippen molar-refractivity contribution in [2.75, 3.05) is 0 Å². The Balaban J connectivity index is 2.62. The molecule has 5 nitrogen and oxygen atoms in total. The number of rotatable bonds is 9. The third kappa shape index (κ3) is 5.81. The van der Waals surface area contributed by atoms with Crippen LogP contribution in [0, 0.1) is 17.8 Å². The maximum Gasteiger partial charge on any atom is 0.326 e. The van der Waals surface area contributed by atoms with Crippen molar-refractivity contribution in [1.29, 1.82) is 0 Å². The van der Waals surface area contributed by atoms with E-state index >= 15 is 0 Å². The SMILES string of the molecule is CC/C=C/CC1C(=O)CCC1CC(=O)NC(C(=O)O)C(C)CC. The van der Waals surface area contributed by atoms with Crippen molar-refractivity contribution in [3.8, 4) is 0 Å². The van der Waals surface area contributed by atoms with E-state index in [0.717, 1.165) is 12.8 Å². The normalized spacial score (nSPS) is 23.9. The average molecular weight is 323 g/mol. The summed E-state index contributed by atoms with van der Waals surface area (Å²) in [5, 5.41) is 11.9. The lowest BCUT2D eigenvalue weighted by molar-refractivity contribution is -0.143. The molecule has 1 fully saturated rings. The third-order valence-electron chi connectivity index (χ3n) is 4.78. The van der Waals surface area contributed by atoms with Crippen LogP contribution in [0.5, 0.6) is 0 Å². The molecule has 0 heterocycles. The van der Waals surface area contributed by atoms with E-state index in [1.807, 2.05) is 32.9 Å². The second-order valence-electron chi connectivity index (χ2n) is 6.46. The smallest absolute Gasteiger partial charge is 0.326 e. The van der Waals surface area contributed by atoms with Gasteiger partial charge in [-0.25, -0.2) is 4.79 Å². The molecule has 4 atom stereocenters. The van der Waals surface area contributed by atoms with Crippen LogP contribution in [0.2, 0.25) is 0 Å². The molecular weight excluding hydrogens is 294 g/mol. The Morgan fingerprint density at radius 2 is 2.04 bits per heavy atom. The predicted molar refractivity (Wildman–Crippen MR) is 88.9 cm³/mol. The molecule has 1 saturated carbocycles. The quantitative estimate of drug-likeness (QED) is 0.639. The minimum absolute atomic E-state index is 0.0235. The van der Waals surface area contributed by atoms with Gasteiger partial charge in [-0.05, 0) is 31.1 Å². The highest BCUT2D eigenvalue weighted by Gasteiger charge is 2.35. The Bertz CT molecular complexity index is 458. The van der Waals surface area contributed by atoms with Gasteiger partial charge in [-0.2, -0.15) is 0 Å². The van der Waals surface area contributed by atoms with Gasteiger partial charge in [0.1, 0.15) is 11.8 Å². The lowest BCUT2D eigenvalue weighted by Crippen LogP contribution is -2.45. The molecule has 1 aliphatic rings. The molecule has 0 aliphatic heterocycles. The van der Waals surface area contributed by atoms with Crippen LogP contribution in [0.15, 0.2) is 12.2 Å². The number of ketones is 1. The highest BCUT2D eigenvalue weighted by atomic mass is 16.4. The number of allylic oxidation sites excluding steroid dienone is 2. The summed E-state index contributed by atoms with van der Waals surface area (Å²) >= 11 is 0. The fourth-order valence-corrected chi connectivity index (χ4v) is 3.11. The summed E-state index contributed by atoms with van der Waals surface area (Å²) in [6.07, 6.45) is 7.82. The first kappa shape index (κ1) is 19.4. The molecular formula is C18H29NO4. The fourth-order valence-electron chi connectivity index (χ4n) is 3.11. The maximum absolute atomic E-state index is 12.2. The Kier molecular flexibility index (Phi) is 8.00. The van der Waals surface area contributed by atoms with Crippen molar-refractivity contribution in [2.45, 2.75) is 65.3 Å². The minimum Gasteiger partial charge on any atom is -0.480 e. The van der Waals surface area contributed by atoms with Crippen molar-refractivity contribution in [2.24, 2.45) is 17.8 Å². The van der Waals surface area contributed by atoms with E-state index in [0.29, 0.717) is 19.3 Å². The largest absolute Gasteiger partial charge is 0.480 e. The number of carbonyl (C=O) groups excluding carboxylic acids is 2. The molecule has 0 aromatic heterocycles. The van der Waals surface area contributed by atoms with Gasteiger partial charge in [0.25, 0.3) is 0 Å². The van der Waals surface area contributed by atoms with Crippen LogP contribution in [-0.4, -0.2) is 28.8 Å². The Morgan fingerprint density at radius 1 is 1.35 bits per heavy atom. The lowest BCUT2D eigenvalue weighted by atomic mass is 9.89. The number of hydrogen-bond acceptors (Lipinski definition) is 3. The summed E-state index contributed by atoms with van der Waals surface area (Å²) in [5.41, 5.74) is 0. The number of Topliss-reactive ketones (excluding diaryl/α,β-unsaturated/α-hetero) is 1. The van der Waals surface area contributed by atoms with E-state index in [4.69, 9.17) is 0 Å². The minimum atomic E-state index is -1.00. The van der Waals surface area contributed by atoms with Crippen molar-refractivity contribution in [1.82, 2.24) is 5.32 Å². The van der Waals surface area contributed by atoms with Crippen LogP contribution in [-0.2, 0) is 14.4 Å². The first-order valence-electron chi connectivity index (χ1n) is 8.60. The summed E-state index contributed by atoms with van der Waals surface area (Å²) in [6.45, 7) is 5.76. The molecule has 1 amide bonds. The number of carbonyl (C=O) groups is 3. The van der Waals surface area contributed by atoms with Crippen LogP contribution in [0.3, 0.4) is 0 Å². The molecule has 4 unspecified atom stereocenters. The van der Waals surface area contributed by atoms with Crippen molar-refractivity contribution >= 4 is 17.7 Å². The van der Waals surface area contributed by atoms with Gasteiger partial charge in [0.05, 0.1) is 0 Å². The molecule has 0 saturated heterocycles. The number of carboxylic acids is 1. The van der Waals surface area contributed by atoms with E-state index in [2.05, 4.69) is 5.32 Å². The van der Waals surface area contributed by atoms with E-state index < -0.39 is 12.0 Å². The van der Waals surface area contributed by atoms with Crippen LogP contribution in [0.25, 0.3) is 0 Å². The molecule has 0 bridgehead atoms. The molecule has 0 aromatic rings. The Labute approximate surface area is 138 Å². The van der Waals surface area contributed by atoms with E-state index in [-0.39, 0.29) is 35.9 Å². The highest BCUT2D eigenvalue weighted by Crippen LogP contribution is 2.34.